The van der Waals surface area contributed by atoms with Crippen molar-refractivity contribution in [3.05, 3.63) is 48.0 Å². The number of amides is 2. The third-order valence-corrected chi connectivity index (χ3v) is 4.90. The Morgan fingerprint density at radius 2 is 1.79 bits per heavy atom. The fourth-order valence-corrected chi connectivity index (χ4v) is 3.53. The van der Waals surface area contributed by atoms with Gasteiger partial charge in [-0.25, -0.2) is 23.4 Å². The molecule has 3 rings (SSSR count). The van der Waals surface area contributed by atoms with Crippen LogP contribution in [0.15, 0.2) is 41.7 Å². The first-order chi connectivity index (χ1) is 11.4. The Morgan fingerprint density at radius 1 is 1.12 bits per heavy atom. The van der Waals surface area contributed by atoms with Crippen molar-refractivity contribution in [2.75, 3.05) is 19.3 Å². The van der Waals surface area contributed by atoms with Crippen LogP contribution in [0.25, 0.3) is 0 Å². The Morgan fingerprint density at radius 3 is 2.42 bits per heavy atom. The standard InChI is InChI=1S/C15H16N4O4S/c1-24(22,23)13-6-3-2-5-11(13)14(20)18-7-4-8-19(18)15(21)12-9-16-10-17-12/h2-3,5-6,9-10H,4,7-8H2,1H3,(H,16,17). The zero-order chi connectivity index (χ0) is 17.3. The van der Waals surface area contributed by atoms with E-state index in [1.165, 1.54) is 34.7 Å². The normalized spacial score (nSPS) is 14.9. The first kappa shape index (κ1) is 16.2. The number of benzene rings is 1. The molecule has 8 nitrogen and oxygen atoms in total. The maximum absolute atomic E-state index is 12.8. The number of rotatable bonds is 3. The van der Waals surface area contributed by atoms with Crippen LogP contribution in [0.3, 0.4) is 0 Å². The Hall–Kier alpha value is -2.68. The molecule has 2 aromatic rings. The number of imidazole rings is 1. The molecule has 126 valence electrons. The van der Waals surface area contributed by atoms with Gasteiger partial charge in [-0.15, -0.1) is 0 Å². The number of hydrogen-bond acceptors (Lipinski definition) is 5. The molecule has 1 aromatic carbocycles. The smallest absolute Gasteiger partial charge is 0.290 e. The third kappa shape index (κ3) is 2.90. The third-order valence-electron chi connectivity index (χ3n) is 3.75. The topological polar surface area (TPSA) is 103 Å². The number of H-pyrrole nitrogens is 1. The zero-order valence-corrected chi connectivity index (χ0v) is 13.8. The van der Waals surface area contributed by atoms with Crippen molar-refractivity contribution in [2.24, 2.45) is 0 Å². The summed E-state index contributed by atoms with van der Waals surface area (Å²) in [5.41, 5.74) is 0.329. The van der Waals surface area contributed by atoms with Crippen molar-refractivity contribution in [3.63, 3.8) is 0 Å². The number of aromatic nitrogens is 2. The maximum atomic E-state index is 12.8. The second kappa shape index (κ2) is 6.08. The molecule has 0 radical (unpaired) electrons. The Labute approximate surface area is 139 Å². The highest BCUT2D eigenvalue weighted by atomic mass is 32.2. The second-order valence-corrected chi connectivity index (χ2v) is 7.43. The maximum Gasteiger partial charge on any atom is 0.290 e. The number of hydrazine groups is 1. The number of carbonyl (C=O) groups is 2. The van der Waals surface area contributed by atoms with Gasteiger partial charge in [0, 0.05) is 19.3 Å². The SMILES string of the molecule is CS(=O)(=O)c1ccccc1C(=O)N1CCCN1C(=O)c1cnc[nH]1. The van der Waals surface area contributed by atoms with Crippen LogP contribution in [0, 0.1) is 0 Å². The highest BCUT2D eigenvalue weighted by molar-refractivity contribution is 7.90. The number of carbonyl (C=O) groups excluding carboxylic acids is 2. The lowest BCUT2D eigenvalue weighted by Crippen LogP contribution is -2.45. The molecule has 24 heavy (non-hydrogen) atoms. The van der Waals surface area contributed by atoms with E-state index in [2.05, 4.69) is 9.97 Å². The highest BCUT2D eigenvalue weighted by Crippen LogP contribution is 2.22. The molecular formula is C15H16N4O4S. The predicted molar refractivity (Wildman–Crippen MR) is 84.8 cm³/mol. The van der Waals surface area contributed by atoms with Gasteiger partial charge in [0.05, 0.1) is 23.0 Å². The molecule has 0 bridgehead atoms. The number of aromatic amines is 1. The fraction of sp³-hybridized carbons (Fsp3) is 0.267. The molecule has 2 amide bonds. The minimum Gasteiger partial charge on any atom is -0.341 e. The monoisotopic (exact) mass is 348 g/mol. The van der Waals surface area contributed by atoms with Gasteiger partial charge in [-0.05, 0) is 18.6 Å². The van der Waals surface area contributed by atoms with Crippen molar-refractivity contribution in [3.8, 4) is 0 Å². The minimum absolute atomic E-state index is 0.0455. The van der Waals surface area contributed by atoms with Gasteiger partial charge in [0.15, 0.2) is 9.84 Å². The molecule has 0 saturated carbocycles. The van der Waals surface area contributed by atoms with E-state index in [9.17, 15) is 18.0 Å². The fourth-order valence-electron chi connectivity index (χ4n) is 2.65. The molecule has 1 aromatic heterocycles. The van der Waals surface area contributed by atoms with E-state index in [1.807, 2.05) is 0 Å². The van der Waals surface area contributed by atoms with Crippen molar-refractivity contribution in [1.29, 1.82) is 0 Å². The van der Waals surface area contributed by atoms with E-state index in [1.54, 1.807) is 12.1 Å². The number of nitrogens with zero attached hydrogens (tertiary/aromatic N) is 3. The van der Waals surface area contributed by atoms with E-state index in [0.717, 1.165) is 6.26 Å². The molecule has 1 aliphatic heterocycles. The summed E-state index contributed by atoms with van der Waals surface area (Å²) < 4.78 is 23.8. The largest absolute Gasteiger partial charge is 0.341 e. The van der Waals surface area contributed by atoms with Gasteiger partial charge in [0.1, 0.15) is 5.69 Å². The van der Waals surface area contributed by atoms with Crippen LogP contribution in [0.4, 0.5) is 0 Å². The van der Waals surface area contributed by atoms with Crippen LogP contribution in [-0.2, 0) is 9.84 Å². The van der Waals surface area contributed by atoms with Crippen LogP contribution in [0.2, 0.25) is 0 Å². The average molecular weight is 348 g/mol. The van der Waals surface area contributed by atoms with Gasteiger partial charge >= 0.3 is 0 Å². The summed E-state index contributed by atoms with van der Waals surface area (Å²) in [7, 11) is -3.56. The molecule has 0 aliphatic carbocycles. The van der Waals surface area contributed by atoms with Crippen LogP contribution in [0.1, 0.15) is 27.3 Å². The number of hydrogen-bond donors (Lipinski definition) is 1. The summed E-state index contributed by atoms with van der Waals surface area (Å²) in [6.45, 7) is 0.724. The molecule has 1 aliphatic rings. The highest BCUT2D eigenvalue weighted by Gasteiger charge is 2.34. The summed E-state index contributed by atoms with van der Waals surface area (Å²) in [6, 6.07) is 6.00. The summed E-state index contributed by atoms with van der Waals surface area (Å²) >= 11 is 0. The Balaban J connectivity index is 1.94. The van der Waals surface area contributed by atoms with Gasteiger partial charge in [0.25, 0.3) is 11.8 Å². The van der Waals surface area contributed by atoms with E-state index in [4.69, 9.17) is 0 Å². The lowest BCUT2D eigenvalue weighted by Gasteiger charge is -2.28. The average Bonchev–Trinajstić information content (AvgIpc) is 3.24. The number of sulfone groups is 1. The second-order valence-electron chi connectivity index (χ2n) is 5.44. The first-order valence-corrected chi connectivity index (χ1v) is 9.20. The van der Waals surface area contributed by atoms with Crippen molar-refractivity contribution in [1.82, 2.24) is 20.0 Å². The first-order valence-electron chi connectivity index (χ1n) is 7.30. The van der Waals surface area contributed by atoms with E-state index < -0.39 is 15.7 Å². The quantitative estimate of drug-likeness (QED) is 0.880. The summed E-state index contributed by atoms with van der Waals surface area (Å²) in [5.74, 6) is -0.892. The molecular weight excluding hydrogens is 332 g/mol. The van der Waals surface area contributed by atoms with Gasteiger partial charge < -0.3 is 4.98 Å². The minimum atomic E-state index is -3.56. The van der Waals surface area contributed by atoms with Crippen LogP contribution < -0.4 is 0 Å². The molecule has 0 spiro atoms. The van der Waals surface area contributed by atoms with Gasteiger partial charge in [-0.3, -0.25) is 9.59 Å². The number of nitrogens with one attached hydrogen (secondary N) is 1. The summed E-state index contributed by atoms with van der Waals surface area (Å²) in [6.07, 6.45) is 4.44. The molecule has 0 unspecified atom stereocenters. The zero-order valence-electron chi connectivity index (χ0n) is 13.0. The molecule has 1 fully saturated rings. The molecule has 1 N–H and O–H groups in total. The molecule has 1 saturated heterocycles. The summed E-state index contributed by atoms with van der Waals surface area (Å²) in [5, 5.41) is 2.60. The van der Waals surface area contributed by atoms with Crippen molar-refractivity contribution < 1.29 is 18.0 Å². The van der Waals surface area contributed by atoms with Gasteiger partial charge in [-0.1, -0.05) is 12.1 Å². The molecule has 9 heteroatoms. The predicted octanol–water partition coefficient (Wildman–Crippen LogP) is 0.716. The Kier molecular flexibility index (Phi) is 4.10. The van der Waals surface area contributed by atoms with E-state index >= 15 is 0 Å². The lowest BCUT2D eigenvalue weighted by atomic mass is 10.2. The van der Waals surface area contributed by atoms with Crippen LogP contribution in [0.5, 0.6) is 0 Å². The molecule has 0 atom stereocenters. The lowest BCUT2D eigenvalue weighted by molar-refractivity contribution is 0.0180. The Bertz CT molecular complexity index is 877. The summed E-state index contributed by atoms with van der Waals surface area (Å²) in [4.78, 5) is 31.8. The van der Waals surface area contributed by atoms with E-state index in [0.29, 0.717) is 19.5 Å². The molecule has 2 heterocycles. The van der Waals surface area contributed by atoms with Crippen molar-refractivity contribution in [2.45, 2.75) is 11.3 Å². The van der Waals surface area contributed by atoms with Crippen LogP contribution in [-0.4, -0.2) is 59.6 Å². The van der Waals surface area contributed by atoms with Gasteiger partial charge in [-0.2, -0.15) is 0 Å². The van der Waals surface area contributed by atoms with Crippen molar-refractivity contribution >= 4 is 21.7 Å². The van der Waals surface area contributed by atoms with E-state index in [-0.39, 0.29) is 22.1 Å². The van der Waals surface area contributed by atoms with Gasteiger partial charge in [0.2, 0.25) is 0 Å². The van der Waals surface area contributed by atoms with Crippen LogP contribution >= 0.6 is 0 Å².